The molecule has 3 rings (SSSR count). The Balaban J connectivity index is 2.32. The molecule has 0 fully saturated rings. The van der Waals surface area contributed by atoms with Gasteiger partial charge in [0, 0.05) is 4.88 Å². The van der Waals surface area contributed by atoms with Gasteiger partial charge < -0.3 is 4.42 Å². The highest BCUT2D eigenvalue weighted by Crippen LogP contribution is 2.26. The van der Waals surface area contributed by atoms with Crippen LogP contribution in [0.4, 0.5) is 4.39 Å². The van der Waals surface area contributed by atoms with Gasteiger partial charge in [0.05, 0.1) is 5.39 Å². The molecule has 0 aliphatic heterocycles. The van der Waals surface area contributed by atoms with Crippen LogP contribution in [0.25, 0.3) is 21.4 Å². The fraction of sp³-hybridized carbons (Fsp3) is 0. The largest absolute Gasteiger partial charge is 0.461 e. The molecule has 0 spiro atoms. The van der Waals surface area contributed by atoms with Crippen molar-refractivity contribution in [3.8, 4) is 10.4 Å². The molecule has 0 saturated carbocycles. The van der Waals surface area contributed by atoms with Crippen LogP contribution >= 0.6 is 11.3 Å². The minimum atomic E-state index is -0.860. The standard InChI is InChI=1S/C13H7FO2S/c14-10-7-16-11-4-3-8(6-9(11)13(10)15)12-2-1-5-17-12/h1-7H. The predicted molar refractivity (Wildman–Crippen MR) is 65.8 cm³/mol. The first-order valence-electron chi connectivity index (χ1n) is 5.00. The molecule has 1 aromatic carbocycles. The van der Waals surface area contributed by atoms with E-state index in [-0.39, 0.29) is 5.39 Å². The van der Waals surface area contributed by atoms with Gasteiger partial charge in [-0.1, -0.05) is 6.07 Å². The van der Waals surface area contributed by atoms with Crippen molar-refractivity contribution in [3.63, 3.8) is 0 Å². The highest BCUT2D eigenvalue weighted by Gasteiger charge is 2.08. The van der Waals surface area contributed by atoms with E-state index in [1.807, 2.05) is 23.6 Å². The molecule has 0 N–H and O–H groups in total. The fourth-order valence-corrected chi connectivity index (χ4v) is 2.43. The van der Waals surface area contributed by atoms with Gasteiger partial charge in [-0.2, -0.15) is 4.39 Å². The van der Waals surface area contributed by atoms with Crippen molar-refractivity contribution in [2.24, 2.45) is 0 Å². The van der Waals surface area contributed by atoms with Crippen molar-refractivity contribution in [2.45, 2.75) is 0 Å². The third-order valence-corrected chi connectivity index (χ3v) is 3.46. The number of benzene rings is 1. The van der Waals surface area contributed by atoms with Crippen LogP contribution in [-0.4, -0.2) is 0 Å². The molecule has 0 saturated heterocycles. The zero-order valence-electron chi connectivity index (χ0n) is 8.64. The van der Waals surface area contributed by atoms with E-state index in [0.29, 0.717) is 5.58 Å². The van der Waals surface area contributed by atoms with Crippen molar-refractivity contribution >= 4 is 22.3 Å². The molecule has 2 heterocycles. The molecule has 3 aromatic rings. The van der Waals surface area contributed by atoms with Crippen LogP contribution in [0.3, 0.4) is 0 Å². The summed E-state index contributed by atoms with van der Waals surface area (Å²) in [5.41, 5.74) is 0.673. The summed E-state index contributed by atoms with van der Waals surface area (Å²) in [4.78, 5) is 12.7. The average Bonchev–Trinajstić information content (AvgIpc) is 2.87. The Hall–Kier alpha value is -1.94. The van der Waals surface area contributed by atoms with Gasteiger partial charge in [-0.05, 0) is 35.2 Å². The lowest BCUT2D eigenvalue weighted by molar-refractivity contribution is 0.520. The zero-order valence-corrected chi connectivity index (χ0v) is 9.46. The third kappa shape index (κ3) is 1.66. The molecule has 0 unspecified atom stereocenters. The SMILES string of the molecule is O=c1c(F)coc2ccc(-c3cccs3)cc12. The lowest BCUT2D eigenvalue weighted by atomic mass is 10.1. The summed E-state index contributed by atoms with van der Waals surface area (Å²) in [6.45, 7) is 0. The Bertz CT molecular complexity index is 729. The van der Waals surface area contributed by atoms with E-state index in [1.54, 1.807) is 23.5 Å². The molecule has 0 bridgehead atoms. The van der Waals surface area contributed by atoms with Crippen molar-refractivity contribution < 1.29 is 8.81 Å². The van der Waals surface area contributed by atoms with Gasteiger partial charge in [0.2, 0.25) is 11.2 Å². The first-order chi connectivity index (χ1) is 8.25. The summed E-state index contributed by atoms with van der Waals surface area (Å²) in [6, 6.07) is 9.08. The van der Waals surface area contributed by atoms with Crippen LogP contribution in [0.5, 0.6) is 0 Å². The summed E-state index contributed by atoms with van der Waals surface area (Å²) >= 11 is 1.57. The second kappa shape index (κ2) is 3.82. The molecular weight excluding hydrogens is 239 g/mol. The fourth-order valence-electron chi connectivity index (χ4n) is 1.70. The van der Waals surface area contributed by atoms with E-state index in [1.165, 1.54) is 0 Å². The number of fused-ring (bicyclic) bond motifs is 1. The lowest BCUT2D eigenvalue weighted by Crippen LogP contribution is -2.05. The Kier molecular flexibility index (Phi) is 2.30. The summed E-state index contributed by atoms with van der Waals surface area (Å²) in [7, 11) is 0. The van der Waals surface area contributed by atoms with Gasteiger partial charge in [-0.15, -0.1) is 11.3 Å². The molecule has 0 atom stereocenters. The number of halogens is 1. The second-order valence-corrected chi connectivity index (χ2v) is 4.55. The van der Waals surface area contributed by atoms with Crippen molar-refractivity contribution in [1.82, 2.24) is 0 Å². The molecule has 0 aliphatic carbocycles. The maximum absolute atomic E-state index is 13.1. The van der Waals surface area contributed by atoms with Gasteiger partial charge in [0.25, 0.3) is 0 Å². The van der Waals surface area contributed by atoms with E-state index in [9.17, 15) is 9.18 Å². The Morgan fingerprint density at radius 2 is 2.12 bits per heavy atom. The highest BCUT2D eigenvalue weighted by molar-refractivity contribution is 7.13. The van der Waals surface area contributed by atoms with Gasteiger partial charge in [-0.3, -0.25) is 4.79 Å². The van der Waals surface area contributed by atoms with Crippen LogP contribution < -0.4 is 5.43 Å². The molecule has 84 valence electrons. The van der Waals surface area contributed by atoms with Crippen LogP contribution in [-0.2, 0) is 0 Å². The Labute approximate surface area is 99.9 Å². The van der Waals surface area contributed by atoms with Gasteiger partial charge >= 0.3 is 0 Å². The zero-order chi connectivity index (χ0) is 11.8. The minimum Gasteiger partial charge on any atom is -0.461 e. The summed E-state index contributed by atoms with van der Waals surface area (Å²) in [6.07, 6.45) is 0.843. The maximum atomic E-state index is 13.1. The van der Waals surface area contributed by atoms with E-state index in [4.69, 9.17) is 4.42 Å². The monoisotopic (exact) mass is 246 g/mol. The van der Waals surface area contributed by atoms with Crippen molar-refractivity contribution in [3.05, 3.63) is 58.0 Å². The van der Waals surface area contributed by atoms with Crippen molar-refractivity contribution in [1.29, 1.82) is 0 Å². The lowest BCUT2D eigenvalue weighted by Gasteiger charge is -2.00. The van der Waals surface area contributed by atoms with Crippen LogP contribution in [0.15, 0.2) is 51.2 Å². The molecule has 2 nitrogen and oxygen atoms in total. The van der Waals surface area contributed by atoms with E-state index in [0.717, 1.165) is 16.7 Å². The summed E-state index contributed by atoms with van der Waals surface area (Å²) < 4.78 is 18.1. The van der Waals surface area contributed by atoms with E-state index < -0.39 is 11.2 Å². The maximum Gasteiger partial charge on any atom is 0.228 e. The number of thiophene rings is 1. The highest BCUT2D eigenvalue weighted by atomic mass is 32.1. The first kappa shape index (κ1) is 10.2. The third-order valence-electron chi connectivity index (χ3n) is 2.54. The predicted octanol–water partition coefficient (Wildman–Crippen LogP) is 3.66. The molecule has 4 heteroatoms. The smallest absolute Gasteiger partial charge is 0.228 e. The molecule has 0 aliphatic rings. The molecular formula is C13H7FO2S. The number of hydrogen-bond acceptors (Lipinski definition) is 3. The normalized spacial score (nSPS) is 10.9. The number of hydrogen-bond donors (Lipinski definition) is 0. The minimum absolute atomic E-state index is 0.274. The Morgan fingerprint density at radius 1 is 1.24 bits per heavy atom. The average molecular weight is 246 g/mol. The quantitative estimate of drug-likeness (QED) is 0.656. The molecule has 0 amide bonds. The van der Waals surface area contributed by atoms with Gasteiger partial charge in [-0.25, -0.2) is 0 Å². The van der Waals surface area contributed by atoms with Crippen LogP contribution in [0.2, 0.25) is 0 Å². The van der Waals surface area contributed by atoms with Crippen LogP contribution in [0, 0.1) is 5.82 Å². The molecule has 0 radical (unpaired) electrons. The summed E-state index contributed by atoms with van der Waals surface area (Å²) in [5, 5.41) is 2.23. The second-order valence-electron chi connectivity index (χ2n) is 3.60. The first-order valence-corrected chi connectivity index (χ1v) is 5.88. The molecule has 17 heavy (non-hydrogen) atoms. The van der Waals surface area contributed by atoms with Crippen LogP contribution in [0.1, 0.15) is 0 Å². The van der Waals surface area contributed by atoms with Gasteiger partial charge in [0.15, 0.2) is 0 Å². The number of rotatable bonds is 1. The topological polar surface area (TPSA) is 30.2 Å². The summed E-state index contributed by atoms with van der Waals surface area (Å²) in [5.74, 6) is -0.860. The molecule has 2 aromatic heterocycles. The van der Waals surface area contributed by atoms with E-state index in [2.05, 4.69) is 0 Å². The van der Waals surface area contributed by atoms with Gasteiger partial charge in [0.1, 0.15) is 11.8 Å². The van der Waals surface area contributed by atoms with E-state index >= 15 is 0 Å². The van der Waals surface area contributed by atoms with Crippen molar-refractivity contribution in [2.75, 3.05) is 0 Å². The Morgan fingerprint density at radius 3 is 2.88 bits per heavy atom.